The molecule has 1 fully saturated rings. The lowest BCUT2D eigenvalue weighted by Gasteiger charge is -2.36. The molecule has 1 saturated heterocycles. The van der Waals surface area contributed by atoms with E-state index in [1.807, 2.05) is 13.0 Å². The van der Waals surface area contributed by atoms with Gasteiger partial charge in [-0.3, -0.25) is 4.90 Å². The molecular formula is C15H25Cl2FN2. The van der Waals surface area contributed by atoms with Crippen LogP contribution in [0, 0.1) is 12.7 Å². The molecule has 20 heavy (non-hydrogen) atoms. The van der Waals surface area contributed by atoms with Gasteiger partial charge in [0.05, 0.1) is 0 Å². The zero-order valence-corrected chi connectivity index (χ0v) is 13.8. The van der Waals surface area contributed by atoms with Crippen LogP contribution in [0.25, 0.3) is 0 Å². The molecular weight excluding hydrogens is 298 g/mol. The summed E-state index contributed by atoms with van der Waals surface area (Å²) in [5.41, 5.74) is 1.98. The summed E-state index contributed by atoms with van der Waals surface area (Å²) in [6.45, 7) is 8.28. The van der Waals surface area contributed by atoms with Gasteiger partial charge >= 0.3 is 0 Å². The van der Waals surface area contributed by atoms with Crippen molar-refractivity contribution in [2.24, 2.45) is 0 Å². The van der Waals surface area contributed by atoms with Crippen LogP contribution in [0.2, 0.25) is 0 Å². The summed E-state index contributed by atoms with van der Waals surface area (Å²) in [4.78, 5) is 2.49. The standard InChI is InChI=1S/C15H23FN2.2ClH/c1-3-5-15(18-10-8-17-9-11-18)13-6-4-7-14(16)12(13)2;;/h4,6-7,15,17H,3,5,8-11H2,1-2H3;2*1H/t15-;;/m0../s1. The summed E-state index contributed by atoms with van der Waals surface area (Å²) in [5, 5.41) is 3.37. The molecule has 1 aliphatic rings. The number of halogens is 3. The average Bonchev–Trinajstić information content (AvgIpc) is 2.41. The highest BCUT2D eigenvalue weighted by Gasteiger charge is 2.23. The predicted molar refractivity (Wildman–Crippen MR) is 87.7 cm³/mol. The minimum absolute atomic E-state index is 0. The van der Waals surface area contributed by atoms with Gasteiger partial charge in [0.2, 0.25) is 0 Å². The molecule has 1 atom stereocenters. The maximum atomic E-state index is 13.7. The Kier molecular flexibility index (Phi) is 9.39. The van der Waals surface area contributed by atoms with Crippen LogP contribution in [0.3, 0.4) is 0 Å². The number of nitrogens with one attached hydrogen (secondary N) is 1. The number of rotatable bonds is 4. The molecule has 0 saturated carbocycles. The van der Waals surface area contributed by atoms with Gasteiger partial charge in [0, 0.05) is 32.2 Å². The van der Waals surface area contributed by atoms with Gasteiger partial charge in [0.1, 0.15) is 5.82 Å². The molecule has 0 radical (unpaired) electrons. The highest BCUT2D eigenvalue weighted by molar-refractivity contribution is 5.85. The third kappa shape index (κ3) is 4.59. The second kappa shape index (κ2) is 9.56. The molecule has 0 unspecified atom stereocenters. The van der Waals surface area contributed by atoms with E-state index >= 15 is 0 Å². The van der Waals surface area contributed by atoms with E-state index in [0.717, 1.165) is 44.6 Å². The first-order valence-electron chi connectivity index (χ1n) is 6.93. The van der Waals surface area contributed by atoms with E-state index in [-0.39, 0.29) is 30.6 Å². The summed E-state index contributed by atoms with van der Waals surface area (Å²) in [5.74, 6) is -0.0799. The topological polar surface area (TPSA) is 15.3 Å². The first kappa shape index (κ1) is 19.7. The first-order valence-corrected chi connectivity index (χ1v) is 6.93. The Balaban J connectivity index is 0.00000180. The Morgan fingerprint density at radius 2 is 1.90 bits per heavy atom. The van der Waals surface area contributed by atoms with Crippen LogP contribution >= 0.6 is 24.8 Å². The second-order valence-electron chi connectivity index (χ2n) is 5.04. The van der Waals surface area contributed by atoms with Crippen molar-refractivity contribution in [3.8, 4) is 0 Å². The molecule has 0 bridgehead atoms. The lowest BCUT2D eigenvalue weighted by Crippen LogP contribution is -2.45. The number of piperazine rings is 1. The molecule has 0 amide bonds. The molecule has 2 nitrogen and oxygen atoms in total. The van der Waals surface area contributed by atoms with Gasteiger partial charge in [0.25, 0.3) is 0 Å². The molecule has 5 heteroatoms. The quantitative estimate of drug-likeness (QED) is 0.908. The van der Waals surface area contributed by atoms with Crippen LogP contribution in [0.5, 0.6) is 0 Å². The lowest BCUT2D eigenvalue weighted by molar-refractivity contribution is 0.164. The van der Waals surface area contributed by atoms with Crippen LogP contribution in [0.4, 0.5) is 4.39 Å². The Hall–Kier alpha value is -0.350. The maximum absolute atomic E-state index is 13.7. The fourth-order valence-electron chi connectivity index (χ4n) is 2.79. The van der Waals surface area contributed by atoms with Crippen LogP contribution in [0.1, 0.15) is 36.9 Å². The summed E-state index contributed by atoms with van der Waals surface area (Å²) < 4.78 is 13.7. The Bertz CT molecular complexity index is 395. The van der Waals surface area contributed by atoms with Gasteiger partial charge in [-0.25, -0.2) is 4.39 Å². The van der Waals surface area contributed by atoms with Crippen LogP contribution < -0.4 is 5.32 Å². The van der Waals surface area contributed by atoms with Gasteiger partial charge in [0.15, 0.2) is 0 Å². The number of hydrogen-bond donors (Lipinski definition) is 1. The summed E-state index contributed by atoms with van der Waals surface area (Å²) >= 11 is 0. The first-order chi connectivity index (χ1) is 8.74. The SMILES string of the molecule is CCC[C@@H](c1cccc(F)c1C)N1CCNCC1.Cl.Cl. The molecule has 1 N–H and O–H groups in total. The van der Waals surface area contributed by atoms with E-state index < -0.39 is 0 Å². The zero-order chi connectivity index (χ0) is 13.0. The van der Waals surface area contributed by atoms with E-state index in [1.54, 1.807) is 6.07 Å². The van der Waals surface area contributed by atoms with Crippen LogP contribution in [-0.4, -0.2) is 31.1 Å². The van der Waals surface area contributed by atoms with Crippen molar-refractivity contribution >= 4 is 24.8 Å². The molecule has 1 aromatic rings. The molecule has 0 spiro atoms. The van der Waals surface area contributed by atoms with Crippen molar-refractivity contribution in [3.05, 3.63) is 35.1 Å². The molecule has 116 valence electrons. The van der Waals surface area contributed by atoms with E-state index in [9.17, 15) is 4.39 Å². The van der Waals surface area contributed by atoms with E-state index in [4.69, 9.17) is 0 Å². The summed E-state index contributed by atoms with van der Waals surface area (Å²) in [7, 11) is 0. The fraction of sp³-hybridized carbons (Fsp3) is 0.600. The Labute approximate surface area is 133 Å². The van der Waals surface area contributed by atoms with Gasteiger partial charge < -0.3 is 5.32 Å². The fourth-order valence-corrected chi connectivity index (χ4v) is 2.79. The molecule has 1 aliphatic heterocycles. The molecule has 2 rings (SSSR count). The minimum atomic E-state index is -0.0799. The highest BCUT2D eigenvalue weighted by atomic mass is 35.5. The van der Waals surface area contributed by atoms with Crippen molar-refractivity contribution in [2.45, 2.75) is 32.7 Å². The summed E-state index contributed by atoms with van der Waals surface area (Å²) in [6.07, 6.45) is 2.23. The largest absolute Gasteiger partial charge is 0.314 e. The number of hydrogen-bond acceptors (Lipinski definition) is 2. The normalized spacial score (nSPS) is 16.9. The molecule has 1 aromatic carbocycles. The molecule has 0 aromatic heterocycles. The lowest BCUT2D eigenvalue weighted by atomic mass is 9.95. The van der Waals surface area contributed by atoms with Gasteiger partial charge in [-0.05, 0) is 30.5 Å². The number of nitrogens with zero attached hydrogens (tertiary/aromatic N) is 1. The third-order valence-electron chi connectivity index (χ3n) is 3.82. The Morgan fingerprint density at radius 1 is 1.25 bits per heavy atom. The monoisotopic (exact) mass is 322 g/mol. The zero-order valence-electron chi connectivity index (χ0n) is 12.2. The van der Waals surface area contributed by atoms with Crippen molar-refractivity contribution in [3.63, 3.8) is 0 Å². The summed E-state index contributed by atoms with van der Waals surface area (Å²) in [6, 6.07) is 5.84. The van der Waals surface area contributed by atoms with Crippen LogP contribution in [0.15, 0.2) is 18.2 Å². The average molecular weight is 323 g/mol. The Morgan fingerprint density at radius 3 is 2.50 bits per heavy atom. The van der Waals surface area contributed by atoms with Gasteiger partial charge in [-0.1, -0.05) is 25.5 Å². The smallest absolute Gasteiger partial charge is 0.126 e. The van der Waals surface area contributed by atoms with E-state index in [2.05, 4.69) is 23.2 Å². The maximum Gasteiger partial charge on any atom is 0.126 e. The van der Waals surface area contributed by atoms with Crippen molar-refractivity contribution in [1.29, 1.82) is 0 Å². The predicted octanol–water partition coefficient (Wildman–Crippen LogP) is 3.72. The molecule has 0 aliphatic carbocycles. The van der Waals surface area contributed by atoms with Crippen molar-refractivity contribution in [1.82, 2.24) is 10.2 Å². The van der Waals surface area contributed by atoms with Crippen molar-refractivity contribution < 1.29 is 4.39 Å². The third-order valence-corrected chi connectivity index (χ3v) is 3.82. The minimum Gasteiger partial charge on any atom is -0.314 e. The molecule has 1 heterocycles. The second-order valence-corrected chi connectivity index (χ2v) is 5.04. The van der Waals surface area contributed by atoms with Gasteiger partial charge in [-0.15, -0.1) is 24.8 Å². The number of benzene rings is 1. The van der Waals surface area contributed by atoms with Gasteiger partial charge in [-0.2, -0.15) is 0 Å². The van der Waals surface area contributed by atoms with E-state index in [1.165, 1.54) is 5.56 Å². The van der Waals surface area contributed by atoms with E-state index in [0.29, 0.717) is 6.04 Å². The highest BCUT2D eigenvalue weighted by Crippen LogP contribution is 2.29. The van der Waals surface area contributed by atoms with Crippen LogP contribution in [-0.2, 0) is 0 Å². The van der Waals surface area contributed by atoms with Crippen molar-refractivity contribution in [2.75, 3.05) is 26.2 Å².